The molecule has 7 heteroatoms. The molecule has 0 amide bonds. The summed E-state index contributed by atoms with van der Waals surface area (Å²) in [6, 6.07) is 2.54. The lowest BCUT2D eigenvalue weighted by Crippen LogP contribution is -2.36. The van der Waals surface area contributed by atoms with Crippen molar-refractivity contribution in [3.05, 3.63) is 28.7 Å². The number of ether oxygens (including phenoxy) is 1. The summed E-state index contributed by atoms with van der Waals surface area (Å²) in [5.41, 5.74) is -0.318. The Bertz CT molecular complexity index is 546. The van der Waals surface area contributed by atoms with Crippen molar-refractivity contribution in [2.45, 2.75) is 24.3 Å². The Balaban J connectivity index is 2.29. The Kier molecular flexibility index (Phi) is 3.84. The third-order valence-electron chi connectivity index (χ3n) is 2.81. The fourth-order valence-corrected chi connectivity index (χ4v) is 3.40. The first-order valence-corrected chi connectivity index (χ1v) is 7.24. The van der Waals surface area contributed by atoms with Gasteiger partial charge >= 0.3 is 0 Å². The molecular weight excluding hydrogens is 256 g/mol. The Morgan fingerprint density at radius 3 is 2.89 bits per heavy atom. The van der Waals surface area contributed by atoms with Crippen LogP contribution in [0.5, 0.6) is 0 Å². The summed E-state index contributed by atoms with van der Waals surface area (Å²) >= 11 is 0. The van der Waals surface area contributed by atoms with Gasteiger partial charge in [0.1, 0.15) is 0 Å². The molecule has 18 heavy (non-hydrogen) atoms. The van der Waals surface area contributed by atoms with Crippen molar-refractivity contribution in [3.8, 4) is 0 Å². The molecule has 1 unspecified atom stereocenters. The lowest BCUT2D eigenvalue weighted by Gasteiger charge is -2.21. The van der Waals surface area contributed by atoms with E-state index in [2.05, 4.69) is 4.98 Å². The number of nitrogens with zero attached hydrogens (tertiary/aromatic N) is 1. The Hall–Kier alpha value is -1.18. The predicted octanol–water partition coefficient (Wildman–Crippen LogP) is 0.174. The lowest BCUT2D eigenvalue weighted by molar-refractivity contribution is 0.0752. The summed E-state index contributed by atoms with van der Waals surface area (Å²) in [4.78, 5) is 13.4. The molecule has 2 rings (SSSR count). The van der Waals surface area contributed by atoms with Crippen LogP contribution in [0.15, 0.2) is 28.0 Å². The second-order valence-electron chi connectivity index (χ2n) is 4.29. The number of hydrogen-bond acceptors (Lipinski definition) is 4. The van der Waals surface area contributed by atoms with Gasteiger partial charge in [-0.3, -0.25) is 4.79 Å². The molecule has 0 spiro atoms. The highest BCUT2D eigenvalue weighted by Gasteiger charge is 2.27. The summed E-state index contributed by atoms with van der Waals surface area (Å²) in [6.45, 7) is 3.19. The summed E-state index contributed by atoms with van der Waals surface area (Å²) in [5.74, 6) is 0. The highest BCUT2D eigenvalue weighted by molar-refractivity contribution is 7.89. The number of nitrogens with one attached hydrogen (secondary N) is 1. The topological polar surface area (TPSA) is 79.5 Å². The molecule has 0 radical (unpaired) electrons. The zero-order chi connectivity index (χ0) is 13.2. The van der Waals surface area contributed by atoms with Gasteiger partial charge in [0, 0.05) is 32.0 Å². The Morgan fingerprint density at radius 2 is 2.22 bits per heavy atom. The molecule has 1 aromatic heterocycles. The van der Waals surface area contributed by atoms with Gasteiger partial charge in [0.2, 0.25) is 15.6 Å². The van der Waals surface area contributed by atoms with Gasteiger partial charge in [-0.2, -0.15) is 4.31 Å². The second-order valence-corrected chi connectivity index (χ2v) is 6.22. The maximum absolute atomic E-state index is 12.3. The van der Waals surface area contributed by atoms with E-state index >= 15 is 0 Å². The van der Waals surface area contributed by atoms with Crippen LogP contribution in [0.1, 0.15) is 13.3 Å². The molecule has 0 saturated carbocycles. The standard InChI is InChI=1S/C11H16N2O4S/c1-9-8-13(5-2-6-17-9)18(15,16)10-3-4-11(14)12-7-10/h3-4,7,9H,2,5-6,8H2,1H3,(H,12,14). The summed E-state index contributed by atoms with van der Waals surface area (Å²) < 4.78 is 31.5. The van der Waals surface area contributed by atoms with E-state index in [9.17, 15) is 13.2 Å². The van der Waals surface area contributed by atoms with Crippen molar-refractivity contribution >= 4 is 10.0 Å². The highest BCUT2D eigenvalue weighted by atomic mass is 32.2. The van der Waals surface area contributed by atoms with Crippen molar-refractivity contribution < 1.29 is 13.2 Å². The molecule has 1 N–H and O–H groups in total. The monoisotopic (exact) mass is 272 g/mol. The largest absolute Gasteiger partial charge is 0.377 e. The molecule has 0 aliphatic carbocycles. The molecule has 1 aromatic rings. The zero-order valence-corrected chi connectivity index (χ0v) is 10.9. The molecule has 0 bridgehead atoms. The number of aromatic amines is 1. The van der Waals surface area contributed by atoms with Crippen LogP contribution in [-0.2, 0) is 14.8 Å². The van der Waals surface area contributed by atoms with Crippen molar-refractivity contribution in [2.75, 3.05) is 19.7 Å². The summed E-state index contributed by atoms with van der Waals surface area (Å²) in [7, 11) is -3.55. The van der Waals surface area contributed by atoms with Crippen molar-refractivity contribution in [1.82, 2.24) is 9.29 Å². The van der Waals surface area contributed by atoms with E-state index in [1.54, 1.807) is 0 Å². The van der Waals surface area contributed by atoms with Crippen LogP contribution >= 0.6 is 0 Å². The smallest absolute Gasteiger partial charge is 0.247 e. The Labute approximate surface area is 106 Å². The minimum atomic E-state index is -3.55. The van der Waals surface area contributed by atoms with Gasteiger partial charge < -0.3 is 9.72 Å². The van der Waals surface area contributed by atoms with Crippen molar-refractivity contribution in [1.29, 1.82) is 0 Å². The van der Waals surface area contributed by atoms with Crippen LogP contribution in [-0.4, -0.2) is 43.5 Å². The van der Waals surface area contributed by atoms with Gasteiger partial charge in [0.25, 0.3) is 0 Å². The first-order valence-electron chi connectivity index (χ1n) is 5.80. The van der Waals surface area contributed by atoms with E-state index in [0.717, 1.165) is 0 Å². The molecule has 1 aliphatic rings. The van der Waals surface area contributed by atoms with Crippen molar-refractivity contribution in [2.24, 2.45) is 0 Å². The number of hydrogen-bond donors (Lipinski definition) is 1. The predicted molar refractivity (Wildman–Crippen MR) is 65.9 cm³/mol. The second kappa shape index (κ2) is 5.21. The SMILES string of the molecule is CC1CN(S(=O)(=O)c2ccc(=O)[nH]c2)CCCO1. The quantitative estimate of drug-likeness (QED) is 0.832. The molecular formula is C11H16N2O4S. The van der Waals surface area contributed by atoms with Gasteiger partial charge in [-0.15, -0.1) is 0 Å². The average molecular weight is 272 g/mol. The number of pyridine rings is 1. The van der Waals surface area contributed by atoms with Gasteiger partial charge in [-0.1, -0.05) is 0 Å². The first-order chi connectivity index (χ1) is 8.50. The van der Waals surface area contributed by atoms with E-state index in [-0.39, 0.29) is 16.6 Å². The van der Waals surface area contributed by atoms with Gasteiger partial charge in [0.15, 0.2) is 0 Å². The third kappa shape index (κ3) is 2.80. The molecule has 1 aliphatic heterocycles. The average Bonchev–Trinajstić information content (AvgIpc) is 2.55. The van der Waals surface area contributed by atoms with Crippen LogP contribution in [0, 0.1) is 0 Å². The van der Waals surface area contributed by atoms with E-state index < -0.39 is 10.0 Å². The van der Waals surface area contributed by atoms with E-state index in [4.69, 9.17) is 4.74 Å². The number of sulfonamides is 1. The number of rotatable bonds is 2. The van der Waals surface area contributed by atoms with E-state index in [0.29, 0.717) is 26.1 Å². The highest BCUT2D eigenvalue weighted by Crippen LogP contribution is 2.17. The van der Waals surface area contributed by atoms with Crippen LogP contribution < -0.4 is 5.56 Å². The van der Waals surface area contributed by atoms with Crippen LogP contribution in [0.25, 0.3) is 0 Å². The van der Waals surface area contributed by atoms with Crippen molar-refractivity contribution in [3.63, 3.8) is 0 Å². The molecule has 0 aromatic carbocycles. The van der Waals surface area contributed by atoms with Crippen LogP contribution in [0.3, 0.4) is 0 Å². The summed E-state index contributed by atoms with van der Waals surface area (Å²) in [6.07, 6.45) is 1.78. The zero-order valence-electron chi connectivity index (χ0n) is 10.1. The van der Waals surface area contributed by atoms with Gasteiger partial charge in [0.05, 0.1) is 11.0 Å². The molecule has 100 valence electrons. The van der Waals surface area contributed by atoms with Gasteiger partial charge in [-0.05, 0) is 19.4 Å². The number of H-pyrrole nitrogens is 1. The molecule has 6 nitrogen and oxygen atoms in total. The minimum absolute atomic E-state index is 0.108. The van der Waals surface area contributed by atoms with Gasteiger partial charge in [-0.25, -0.2) is 8.42 Å². The lowest BCUT2D eigenvalue weighted by atomic mass is 10.4. The third-order valence-corrected chi connectivity index (χ3v) is 4.67. The molecule has 1 atom stereocenters. The van der Waals surface area contributed by atoms with Crippen LogP contribution in [0.4, 0.5) is 0 Å². The maximum atomic E-state index is 12.3. The molecule has 1 fully saturated rings. The Morgan fingerprint density at radius 1 is 1.44 bits per heavy atom. The van der Waals surface area contributed by atoms with Crippen LogP contribution in [0.2, 0.25) is 0 Å². The minimum Gasteiger partial charge on any atom is -0.377 e. The molecule has 1 saturated heterocycles. The maximum Gasteiger partial charge on any atom is 0.247 e. The fourth-order valence-electron chi connectivity index (χ4n) is 1.88. The fraction of sp³-hybridized carbons (Fsp3) is 0.545. The van der Waals surface area contributed by atoms with E-state index in [1.807, 2.05) is 6.92 Å². The summed E-state index contributed by atoms with van der Waals surface area (Å²) in [5, 5.41) is 0. The normalized spacial score (nSPS) is 22.6. The molecule has 2 heterocycles. The van der Waals surface area contributed by atoms with E-state index in [1.165, 1.54) is 22.6 Å². The first kappa shape index (κ1) is 13.3. The number of aromatic nitrogens is 1.